The molecule has 40 heavy (non-hydrogen) atoms. The number of nitrogens with zero attached hydrogens (tertiary/aromatic N) is 5. The summed E-state index contributed by atoms with van der Waals surface area (Å²) in [6, 6.07) is 12.2. The lowest BCUT2D eigenvalue weighted by atomic mass is 9.75. The Morgan fingerprint density at radius 3 is 2.45 bits per heavy atom. The molecule has 202 valence electrons. The standard InChI is InChI=1S/C28H19F4N5O2S/c29-22-12-19(7-5-17(22)14-35-15-23-20(24(35)38)3-1-10-34-23)37-26(40)36(25(39)27(37)8-2-9-27)18-6-4-16(13-33)21(11-18)28(30,31)32/h1,3-7,10-12H,2,8-9,14-15H2. The molecule has 0 N–H and O–H groups in total. The van der Waals surface area contributed by atoms with Crippen LogP contribution in [0.2, 0.25) is 0 Å². The van der Waals surface area contributed by atoms with Gasteiger partial charge in [-0.2, -0.15) is 18.4 Å². The van der Waals surface area contributed by atoms with Crippen molar-refractivity contribution in [1.82, 2.24) is 9.88 Å². The number of pyridine rings is 1. The monoisotopic (exact) mass is 565 g/mol. The predicted molar refractivity (Wildman–Crippen MR) is 140 cm³/mol. The van der Waals surface area contributed by atoms with E-state index in [0.29, 0.717) is 30.5 Å². The zero-order valence-electron chi connectivity index (χ0n) is 20.7. The Bertz CT molecular complexity index is 1650. The maximum atomic E-state index is 15.4. The number of rotatable bonds is 4. The van der Waals surface area contributed by atoms with E-state index < -0.39 is 34.6 Å². The fourth-order valence-corrected chi connectivity index (χ4v) is 6.00. The van der Waals surface area contributed by atoms with Gasteiger partial charge in [-0.25, -0.2) is 4.39 Å². The van der Waals surface area contributed by atoms with Crippen LogP contribution in [0, 0.1) is 17.1 Å². The van der Waals surface area contributed by atoms with Crippen molar-refractivity contribution in [2.75, 3.05) is 9.80 Å². The zero-order valence-corrected chi connectivity index (χ0v) is 21.5. The number of thiocarbonyl (C=S) groups is 1. The number of carbonyl (C=O) groups excluding carboxylic acids is 2. The summed E-state index contributed by atoms with van der Waals surface area (Å²) in [5, 5.41) is 9.06. The van der Waals surface area contributed by atoms with Gasteiger partial charge in [0, 0.05) is 24.0 Å². The van der Waals surface area contributed by atoms with Crippen LogP contribution in [0.25, 0.3) is 0 Å². The Kier molecular flexibility index (Phi) is 5.88. The van der Waals surface area contributed by atoms with E-state index in [1.165, 1.54) is 34.1 Å². The smallest absolute Gasteiger partial charge is 0.328 e. The number of halogens is 4. The Morgan fingerprint density at radius 2 is 1.82 bits per heavy atom. The minimum Gasteiger partial charge on any atom is -0.328 e. The largest absolute Gasteiger partial charge is 0.417 e. The third-order valence-corrected chi connectivity index (χ3v) is 8.05. The van der Waals surface area contributed by atoms with Crippen molar-refractivity contribution in [3.8, 4) is 6.07 Å². The van der Waals surface area contributed by atoms with E-state index in [2.05, 4.69) is 4.98 Å². The van der Waals surface area contributed by atoms with Crippen molar-refractivity contribution in [3.05, 3.63) is 88.5 Å². The summed E-state index contributed by atoms with van der Waals surface area (Å²) < 4.78 is 56.3. The number of fused-ring (bicyclic) bond motifs is 1. The first-order chi connectivity index (χ1) is 19.0. The van der Waals surface area contributed by atoms with Crippen molar-refractivity contribution in [1.29, 1.82) is 5.26 Å². The van der Waals surface area contributed by atoms with Crippen LogP contribution < -0.4 is 9.80 Å². The zero-order chi connectivity index (χ0) is 28.4. The number of carbonyl (C=O) groups is 2. The molecule has 0 unspecified atom stereocenters. The third kappa shape index (κ3) is 3.83. The van der Waals surface area contributed by atoms with E-state index in [0.717, 1.165) is 17.0 Å². The molecule has 3 aromatic rings. The number of hydrogen-bond acceptors (Lipinski definition) is 5. The van der Waals surface area contributed by atoms with Gasteiger partial charge in [0.2, 0.25) is 0 Å². The summed E-state index contributed by atoms with van der Waals surface area (Å²) >= 11 is 5.60. The van der Waals surface area contributed by atoms with Gasteiger partial charge in [0.15, 0.2) is 5.11 Å². The molecule has 1 saturated carbocycles. The first kappa shape index (κ1) is 25.9. The summed E-state index contributed by atoms with van der Waals surface area (Å²) in [7, 11) is 0. The molecule has 1 aliphatic carbocycles. The molecule has 2 fully saturated rings. The first-order valence-electron chi connectivity index (χ1n) is 12.4. The molecule has 1 saturated heterocycles. The van der Waals surface area contributed by atoms with Crippen LogP contribution in [0.4, 0.5) is 28.9 Å². The van der Waals surface area contributed by atoms with E-state index >= 15 is 4.39 Å². The van der Waals surface area contributed by atoms with Crippen LogP contribution in [0.5, 0.6) is 0 Å². The van der Waals surface area contributed by atoms with E-state index in [9.17, 15) is 22.8 Å². The third-order valence-electron chi connectivity index (χ3n) is 7.68. The molecule has 3 heterocycles. The lowest BCUT2D eigenvalue weighted by Crippen LogP contribution is -2.55. The molecule has 0 bridgehead atoms. The first-order valence-corrected chi connectivity index (χ1v) is 12.8. The van der Waals surface area contributed by atoms with Gasteiger partial charge < -0.3 is 9.80 Å². The molecular formula is C28H19F4N5O2S. The predicted octanol–water partition coefficient (Wildman–Crippen LogP) is 5.33. The Hall–Kier alpha value is -4.37. The van der Waals surface area contributed by atoms with Gasteiger partial charge >= 0.3 is 6.18 Å². The van der Waals surface area contributed by atoms with Crippen molar-refractivity contribution < 1.29 is 27.2 Å². The van der Waals surface area contributed by atoms with Gasteiger partial charge in [0.1, 0.15) is 11.4 Å². The van der Waals surface area contributed by atoms with Crippen molar-refractivity contribution in [3.63, 3.8) is 0 Å². The topological polar surface area (TPSA) is 80.5 Å². The van der Waals surface area contributed by atoms with Crippen LogP contribution in [-0.2, 0) is 24.1 Å². The molecule has 6 rings (SSSR count). The van der Waals surface area contributed by atoms with E-state index in [1.807, 2.05) is 0 Å². The average Bonchev–Trinajstić information content (AvgIpc) is 3.34. The maximum absolute atomic E-state index is 15.4. The highest BCUT2D eigenvalue weighted by atomic mass is 32.1. The van der Waals surface area contributed by atoms with Gasteiger partial charge in [0.05, 0.1) is 40.7 Å². The van der Waals surface area contributed by atoms with Gasteiger partial charge in [-0.3, -0.25) is 19.5 Å². The molecule has 2 amide bonds. The number of aromatic nitrogens is 1. The van der Waals surface area contributed by atoms with Crippen LogP contribution in [0.15, 0.2) is 54.7 Å². The second-order valence-corrected chi connectivity index (χ2v) is 10.3. The number of nitriles is 1. The van der Waals surface area contributed by atoms with Gasteiger partial charge in [-0.1, -0.05) is 6.07 Å². The second kappa shape index (κ2) is 9.09. The molecule has 1 aromatic heterocycles. The molecule has 2 aliphatic heterocycles. The summed E-state index contributed by atoms with van der Waals surface area (Å²) in [5.41, 5.74) is -1.38. The second-order valence-electron chi connectivity index (χ2n) is 9.92. The minimum atomic E-state index is -4.81. The minimum absolute atomic E-state index is 0.00735. The van der Waals surface area contributed by atoms with Crippen LogP contribution >= 0.6 is 12.2 Å². The maximum Gasteiger partial charge on any atom is 0.417 e. The Labute approximate surface area is 231 Å². The normalized spacial score (nSPS) is 17.9. The Morgan fingerprint density at radius 1 is 1.07 bits per heavy atom. The number of hydrogen-bond donors (Lipinski definition) is 0. The molecule has 0 radical (unpaired) electrons. The molecular weight excluding hydrogens is 546 g/mol. The highest BCUT2D eigenvalue weighted by Gasteiger charge is 2.59. The van der Waals surface area contributed by atoms with Crippen molar-refractivity contribution in [2.24, 2.45) is 0 Å². The van der Waals surface area contributed by atoms with Gasteiger partial charge in [-0.05, 0) is 73.9 Å². The van der Waals surface area contributed by atoms with Crippen molar-refractivity contribution in [2.45, 2.75) is 44.1 Å². The molecule has 2 aromatic carbocycles. The number of benzene rings is 2. The summed E-state index contributed by atoms with van der Waals surface area (Å²) in [6.45, 7) is 0.261. The van der Waals surface area contributed by atoms with Gasteiger partial charge in [-0.15, -0.1) is 0 Å². The molecule has 7 nitrogen and oxygen atoms in total. The average molecular weight is 566 g/mol. The fraction of sp³-hybridized carbons (Fsp3) is 0.250. The van der Waals surface area contributed by atoms with Crippen molar-refractivity contribution >= 4 is 40.5 Å². The molecule has 3 aliphatic rings. The number of anilines is 2. The lowest BCUT2D eigenvalue weighted by molar-refractivity contribution is -0.137. The van der Waals surface area contributed by atoms with E-state index in [4.69, 9.17) is 17.5 Å². The quantitative estimate of drug-likeness (QED) is 0.315. The molecule has 12 heteroatoms. The van der Waals surface area contributed by atoms with E-state index in [1.54, 1.807) is 24.4 Å². The summed E-state index contributed by atoms with van der Waals surface area (Å²) in [6.07, 6.45) is -1.76. The van der Waals surface area contributed by atoms with Crippen LogP contribution in [0.1, 0.15) is 52.0 Å². The lowest BCUT2D eigenvalue weighted by Gasteiger charge is -2.43. The van der Waals surface area contributed by atoms with Crippen LogP contribution in [0.3, 0.4) is 0 Å². The summed E-state index contributed by atoms with van der Waals surface area (Å²) in [5.74, 6) is -1.36. The highest BCUT2D eigenvalue weighted by molar-refractivity contribution is 7.81. The molecule has 0 atom stereocenters. The number of amides is 2. The van der Waals surface area contributed by atoms with Gasteiger partial charge in [0.25, 0.3) is 11.8 Å². The van der Waals surface area contributed by atoms with Crippen LogP contribution in [-0.4, -0.2) is 32.3 Å². The summed E-state index contributed by atoms with van der Waals surface area (Å²) in [4.78, 5) is 34.6. The highest BCUT2D eigenvalue weighted by Crippen LogP contribution is 2.48. The molecule has 1 spiro atoms. The SMILES string of the molecule is N#Cc1ccc(N2C(=O)C3(CCC3)N(c3ccc(CN4Cc5ncccc5C4=O)c(F)c3)C2=S)cc1C(F)(F)F. The fourth-order valence-electron chi connectivity index (χ4n) is 5.53. The van der Waals surface area contributed by atoms with E-state index in [-0.39, 0.29) is 41.0 Å². The Balaban J connectivity index is 1.32. The number of alkyl halides is 3.